The van der Waals surface area contributed by atoms with Crippen LogP contribution in [0.4, 0.5) is 0 Å². The molecule has 2 rings (SSSR count). The third-order valence-electron chi connectivity index (χ3n) is 4.56. The van der Waals surface area contributed by atoms with Crippen molar-refractivity contribution < 1.29 is 9.53 Å². The van der Waals surface area contributed by atoms with Gasteiger partial charge in [-0.3, -0.25) is 9.69 Å². The third-order valence-corrected chi connectivity index (χ3v) is 4.56. The quantitative estimate of drug-likeness (QED) is 0.705. The number of likely N-dealkylation sites (tertiary alicyclic amines) is 1. The molecule has 3 nitrogen and oxygen atoms in total. The van der Waals surface area contributed by atoms with Gasteiger partial charge in [0, 0.05) is 6.04 Å². The van der Waals surface area contributed by atoms with Gasteiger partial charge in [-0.05, 0) is 51.5 Å². The Balaban J connectivity index is 2.06. The first-order chi connectivity index (χ1) is 8.77. The molecule has 0 spiro atoms. The zero-order valence-corrected chi connectivity index (χ0v) is 11.9. The maximum atomic E-state index is 12.2. The average molecular weight is 253 g/mol. The van der Waals surface area contributed by atoms with Crippen molar-refractivity contribution >= 4 is 5.97 Å². The fourth-order valence-corrected chi connectivity index (χ4v) is 3.81. The number of hydrogen-bond donors (Lipinski definition) is 0. The molecule has 0 N–H and O–H groups in total. The van der Waals surface area contributed by atoms with Crippen LogP contribution in [0.25, 0.3) is 0 Å². The van der Waals surface area contributed by atoms with Gasteiger partial charge in [0.1, 0.15) is 6.04 Å². The lowest BCUT2D eigenvalue weighted by Gasteiger charge is -2.41. The number of ether oxygens (including phenoxy) is 1. The summed E-state index contributed by atoms with van der Waals surface area (Å²) in [4.78, 5) is 14.6. The Morgan fingerprint density at radius 2 is 2.06 bits per heavy atom. The molecule has 18 heavy (non-hydrogen) atoms. The van der Waals surface area contributed by atoms with Gasteiger partial charge in [0.05, 0.1) is 6.61 Å². The monoisotopic (exact) mass is 253 g/mol. The molecule has 1 saturated carbocycles. The molecule has 0 radical (unpaired) electrons. The minimum atomic E-state index is 0.00639. The van der Waals surface area contributed by atoms with E-state index in [1.54, 1.807) is 0 Å². The van der Waals surface area contributed by atoms with Crippen molar-refractivity contribution in [2.24, 2.45) is 5.92 Å². The first-order valence-electron chi connectivity index (χ1n) is 7.70. The van der Waals surface area contributed by atoms with Gasteiger partial charge in [0.2, 0.25) is 0 Å². The van der Waals surface area contributed by atoms with E-state index in [4.69, 9.17) is 4.74 Å². The number of hydrogen-bond acceptors (Lipinski definition) is 3. The second kappa shape index (κ2) is 6.55. The Kier molecular flexibility index (Phi) is 5.04. The molecular weight excluding hydrogens is 226 g/mol. The molecule has 1 saturated heterocycles. The number of carbonyl (C=O) groups excluding carboxylic acids is 1. The van der Waals surface area contributed by atoms with Gasteiger partial charge in [-0.2, -0.15) is 0 Å². The molecule has 0 bridgehead atoms. The lowest BCUT2D eigenvalue weighted by atomic mass is 9.90. The van der Waals surface area contributed by atoms with Gasteiger partial charge in [0.15, 0.2) is 0 Å². The zero-order chi connectivity index (χ0) is 13.0. The summed E-state index contributed by atoms with van der Waals surface area (Å²) in [7, 11) is 0. The minimum Gasteiger partial charge on any atom is -0.465 e. The predicted molar refractivity (Wildman–Crippen MR) is 72.4 cm³/mol. The molecule has 0 aromatic heterocycles. The van der Waals surface area contributed by atoms with Crippen LogP contribution in [0.15, 0.2) is 0 Å². The van der Waals surface area contributed by atoms with Crippen LogP contribution in [0, 0.1) is 5.92 Å². The molecule has 1 heterocycles. The van der Waals surface area contributed by atoms with Crippen LogP contribution in [0.5, 0.6) is 0 Å². The van der Waals surface area contributed by atoms with Crippen molar-refractivity contribution in [3.05, 3.63) is 0 Å². The van der Waals surface area contributed by atoms with E-state index < -0.39 is 0 Å². The number of esters is 1. The summed E-state index contributed by atoms with van der Waals surface area (Å²) in [6.45, 7) is 5.64. The second-order valence-corrected chi connectivity index (χ2v) is 5.69. The molecule has 0 aromatic rings. The molecule has 3 unspecified atom stereocenters. The van der Waals surface area contributed by atoms with Gasteiger partial charge in [0.25, 0.3) is 0 Å². The Morgan fingerprint density at radius 3 is 2.78 bits per heavy atom. The van der Waals surface area contributed by atoms with Crippen LogP contribution < -0.4 is 0 Å². The Morgan fingerprint density at radius 1 is 1.28 bits per heavy atom. The highest BCUT2D eigenvalue weighted by molar-refractivity contribution is 5.75. The minimum absolute atomic E-state index is 0.00639. The van der Waals surface area contributed by atoms with Crippen molar-refractivity contribution in [2.45, 2.75) is 70.9 Å². The molecule has 0 aromatic carbocycles. The number of nitrogens with zero attached hydrogens (tertiary/aromatic N) is 1. The molecule has 104 valence electrons. The molecule has 3 heteroatoms. The van der Waals surface area contributed by atoms with E-state index in [1.165, 1.54) is 32.1 Å². The van der Waals surface area contributed by atoms with E-state index >= 15 is 0 Å². The maximum absolute atomic E-state index is 12.2. The van der Waals surface area contributed by atoms with Crippen LogP contribution in [0.3, 0.4) is 0 Å². The first-order valence-corrected chi connectivity index (χ1v) is 7.70. The zero-order valence-electron chi connectivity index (χ0n) is 11.9. The van der Waals surface area contributed by atoms with Crippen molar-refractivity contribution in [2.75, 3.05) is 13.2 Å². The highest BCUT2D eigenvalue weighted by Gasteiger charge is 2.40. The Labute approximate surface area is 111 Å². The summed E-state index contributed by atoms with van der Waals surface area (Å²) in [6, 6.07) is 0.667. The summed E-state index contributed by atoms with van der Waals surface area (Å²) in [5.74, 6) is 0.847. The molecule has 1 aliphatic carbocycles. The Hall–Kier alpha value is -0.570. The molecule has 2 fully saturated rings. The maximum Gasteiger partial charge on any atom is 0.323 e. The number of carbonyl (C=O) groups is 1. The molecule has 2 aliphatic rings. The summed E-state index contributed by atoms with van der Waals surface area (Å²) in [6.07, 6.45) is 8.60. The predicted octanol–water partition coefficient (Wildman–Crippen LogP) is 2.98. The van der Waals surface area contributed by atoms with Crippen molar-refractivity contribution in [1.82, 2.24) is 4.90 Å². The first kappa shape index (κ1) is 13.9. The van der Waals surface area contributed by atoms with Crippen LogP contribution in [0.2, 0.25) is 0 Å². The smallest absolute Gasteiger partial charge is 0.323 e. The fourth-order valence-electron chi connectivity index (χ4n) is 3.81. The number of rotatable bonds is 5. The number of fused-ring (bicyclic) bond motifs is 1. The summed E-state index contributed by atoms with van der Waals surface area (Å²) >= 11 is 0. The van der Waals surface area contributed by atoms with Crippen molar-refractivity contribution in [1.29, 1.82) is 0 Å². The van der Waals surface area contributed by atoms with Gasteiger partial charge in [-0.1, -0.05) is 19.8 Å². The standard InChI is InChI=1S/C15H27NO2/c1-3-7-14(15(17)18-4-2)16-11-6-9-12-8-5-10-13(12)16/h12-14H,3-11H2,1-2H3. The van der Waals surface area contributed by atoms with E-state index in [2.05, 4.69) is 11.8 Å². The summed E-state index contributed by atoms with van der Waals surface area (Å²) < 4.78 is 5.28. The third kappa shape index (κ3) is 2.87. The van der Waals surface area contributed by atoms with E-state index in [0.717, 1.165) is 25.3 Å². The lowest BCUT2D eigenvalue weighted by molar-refractivity contribution is -0.152. The molecular formula is C15H27NO2. The molecule has 3 atom stereocenters. The largest absolute Gasteiger partial charge is 0.465 e. The topological polar surface area (TPSA) is 29.5 Å². The average Bonchev–Trinajstić information content (AvgIpc) is 2.84. The number of piperidine rings is 1. The summed E-state index contributed by atoms with van der Waals surface area (Å²) in [5, 5.41) is 0. The molecule has 1 aliphatic heterocycles. The van der Waals surface area contributed by atoms with Gasteiger partial charge in [-0.25, -0.2) is 0 Å². The normalized spacial score (nSPS) is 29.9. The van der Waals surface area contributed by atoms with Crippen molar-refractivity contribution in [3.63, 3.8) is 0 Å². The van der Waals surface area contributed by atoms with Crippen LogP contribution in [-0.4, -0.2) is 36.1 Å². The molecule has 0 amide bonds. The van der Waals surface area contributed by atoms with Gasteiger partial charge in [-0.15, -0.1) is 0 Å². The van der Waals surface area contributed by atoms with Crippen molar-refractivity contribution in [3.8, 4) is 0 Å². The second-order valence-electron chi connectivity index (χ2n) is 5.69. The van der Waals surface area contributed by atoms with Crippen LogP contribution in [0.1, 0.15) is 58.8 Å². The fraction of sp³-hybridized carbons (Fsp3) is 0.933. The lowest BCUT2D eigenvalue weighted by Crippen LogP contribution is -2.52. The van der Waals surface area contributed by atoms with Crippen LogP contribution >= 0.6 is 0 Å². The van der Waals surface area contributed by atoms with Crippen LogP contribution in [-0.2, 0) is 9.53 Å². The van der Waals surface area contributed by atoms with Gasteiger partial charge >= 0.3 is 5.97 Å². The Bertz CT molecular complexity index is 280. The van der Waals surface area contributed by atoms with Gasteiger partial charge < -0.3 is 4.74 Å². The van der Waals surface area contributed by atoms with E-state index in [0.29, 0.717) is 12.6 Å². The van der Waals surface area contributed by atoms with E-state index in [-0.39, 0.29) is 12.0 Å². The van der Waals surface area contributed by atoms with E-state index in [1.807, 2.05) is 6.92 Å². The highest BCUT2D eigenvalue weighted by Crippen LogP contribution is 2.38. The SMILES string of the molecule is CCCC(C(=O)OCC)N1CCCC2CCCC21. The summed E-state index contributed by atoms with van der Waals surface area (Å²) in [5.41, 5.74) is 0. The highest BCUT2D eigenvalue weighted by atomic mass is 16.5. The van der Waals surface area contributed by atoms with E-state index in [9.17, 15) is 4.79 Å².